The highest BCUT2D eigenvalue weighted by Gasteiger charge is 2.41. The van der Waals surface area contributed by atoms with Gasteiger partial charge < -0.3 is 20.0 Å². The summed E-state index contributed by atoms with van der Waals surface area (Å²) in [5.74, 6) is 1.74. The number of thiocarbonyl (C=S) groups is 1. The number of benzene rings is 2. The van der Waals surface area contributed by atoms with Crippen molar-refractivity contribution in [3.05, 3.63) is 109 Å². The normalized spacial score (nSPS) is 17.7. The number of hydrogen-bond acceptors (Lipinski definition) is 4. The summed E-state index contributed by atoms with van der Waals surface area (Å²) in [4.78, 5) is 6.83. The number of furan rings is 1. The lowest BCUT2D eigenvalue weighted by atomic mass is 10.0. The van der Waals surface area contributed by atoms with Gasteiger partial charge in [0.2, 0.25) is 0 Å². The topological polar surface area (TPSA) is 53.3 Å². The monoisotopic (exact) mass is 454 g/mol. The van der Waals surface area contributed by atoms with Crippen LogP contribution in [0, 0.1) is 0 Å². The summed E-state index contributed by atoms with van der Waals surface area (Å²) >= 11 is 5.76. The molecule has 2 unspecified atom stereocenters. The molecule has 0 amide bonds. The van der Waals surface area contributed by atoms with Crippen LogP contribution < -0.4 is 10.6 Å². The fraction of sp³-hybridized carbons (Fsp3) is 0.185. The van der Waals surface area contributed by atoms with Gasteiger partial charge in [-0.05, 0) is 55.0 Å². The van der Waals surface area contributed by atoms with Gasteiger partial charge in [0.05, 0.1) is 11.7 Å². The Morgan fingerprint density at radius 2 is 1.67 bits per heavy atom. The maximum Gasteiger partial charge on any atom is 0.170 e. The molecule has 1 saturated heterocycles. The van der Waals surface area contributed by atoms with E-state index in [1.165, 1.54) is 0 Å². The van der Waals surface area contributed by atoms with Crippen molar-refractivity contribution in [3.63, 3.8) is 0 Å². The molecule has 5 rings (SSSR count). The van der Waals surface area contributed by atoms with Crippen LogP contribution in [0.25, 0.3) is 11.3 Å². The van der Waals surface area contributed by atoms with Crippen LogP contribution in [0.1, 0.15) is 30.0 Å². The summed E-state index contributed by atoms with van der Waals surface area (Å²) in [6.07, 6.45) is 2.76. The number of anilines is 1. The van der Waals surface area contributed by atoms with Crippen molar-refractivity contribution < 1.29 is 4.42 Å². The van der Waals surface area contributed by atoms with Crippen molar-refractivity contribution in [2.75, 3.05) is 18.4 Å². The molecule has 33 heavy (non-hydrogen) atoms. The van der Waals surface area contributed by atoms with Crippen molar-refractivity contribution in [2.24, 2.45) is 0 Å². The molecule has 5 nitrogen and oxygen atoms in total. The molecule has 0 bridgehead atoms. The van der Waals surface area contributed by atoms with Crippen molar-refractivity contribution in [3.8, 4) is 11.3 Å². The Morgan fingerprint density at radius 3 is 2.42 bits per heavy atom. The van der Waals surface area contributed by atoms with E-state index < -0.39 is 0 Å². The molecule has 1 aliphatic rings. The Hall–Kier alpha value is -3.64. The van der Waals surface area contributed by atoms with E-state index in [9.17, 15) is 0 Å². The molecular weight excluding hydrogens is 428 g/mol. The smallest absolute Gasteiger partial charge is 0.170 e. The molecule has 0 spiro atoms. The van der Waals surface area contributed by atoms with E-state index in [0.717, 1.165) is 53.1 Å². The predicted octanol–water partition coefficient (Wildman–Crippen LogP) is 5.82. The third-order valence-corrected chi connectivity index (χ3v) is 6.21. The Bertz CT molecular complexity index is 1180. The van der Waals surface area contributed by atoms with Crippen molar-refractivity contribution >= 4 is 23.0 Å². The first kappa shape index (κ1) is 21.2. The summed E-state index contributed by atoms with van der Waals surface area (Å²) in [7, 11) is 0. The minimum Gasteiger partial charge on any atom is -0.459 e. The molecule has 0 radical (unpaired) electrons. The van der Waals surface area contributed by atoms with E-state index >= 15 is 0 Å². The second-order valence-electron chi connectivity index (χ2n) is 8.03. The Morgan fingerprint density at radius 1 is 0.909 bits per heavy atom. The summed E-state index contributed by atoms with van der Waals surface area (Å²) < 4.78 is 6.37. The van der Waals surface area contributed by atoms with Crippen LogP contribution in [0.4, 0.5) is 5.69 Å². The fourth-order valence-corrected chi connectivity index (χ4v) is 4.59. The number of para-hydroxylation sites is 1. The van der Waals surface area contributed by atoms with Crippen LogP contribution in [-0.4, -0.2) is 28.1 Å². The molecule has 166 valence electrons. The van der Waals surface area contributed by atoms with E-state index in [1.807, 2.05) is 66.9 Å². The van der Waals surface area contributed by atoms with Gasteiger partial charge in [-0.1, -0.05) is 54.6 Å². The van der Waals surface area contributed by atoms with Crippen molar-refractivity contribution in [2.45, 2.75) is 18.5 Å². The maximum absolute atomic E-state index is 6.37. The SMILES string of the molecule is S=C1NC(c2ccccn2)C(c2ccc(-c3ccccc3)o2)N1CCCNc1ccccc1. The molecule has 6 heteroatoms. The molecule has 2 atom stereocenters. The lowest BCUT2D eigenvalue weighted by Gasteiger charge is -2.26. The lowest BCUT2D eigenvalue weighted by Crippen LogP contribution is -2.31. The zero-order chi connectivity index (χ0) is 22.5. The van der Waals surface area contributed by atoms with E-state index in [4.69, 9.17) is 16.6 Å². The van der Waals surface area contributed by atoms with Crippen LogP contribution >= 0.6 is 12.2 Å². The van der Waals surface area contributed by atoms with Crippen molar-refractivity contribution in [1.29, 1.82) is 0 Å². The Balaban J connectivity index is 1.37. The third kappa shape index (κ3) is 4.76. The highest BCUT2D eigenvalue weighted by molar-refractivity contribution is 7.80. The third-order valence-electron chi connectivity index (χ3n) is 5.85. The number of hydrogen-bond donors (Lipinski definition) is 2. The van der Waals surface area contributed by atoms with Gasteiger partial charge in [-0.15, -0.1) is 0 Å². The molecule has 2 aromatic carbocycles. The second-order valence-corrected chi connectivity index (χ2v) is 8.42. The minimum atomic E-state index is -0.0736. The van der Waals surface area contributed by atoms with Gasteiger partial charge in [0.1, 0.15) is 17.6 Å². The van der Waals surface area contributed by atoms with E-state index in [1.54, 1.807) is 0 Å². The lowest BCUT2D eigenvalue weighted by molar-refractivity contribution is 0.274. The predicted molar refractivity (Wildman–Crippen MR) is 136 cm³/mol. The molecule has 0 saturated carbocycles. The number of nitrogens with one attached hydrogen (secondary N) is 2. The maximum atomic E-state index is 6.37. The molecule has 0 aliphatic carbocycles. The highest BCUT2D eigenvalue weighted by Crippen LogP contribution is 2.40. The first-order chi connectivity index (χ1) is 16.3. The Labute approximate surface area is 199 Å². The zero-order valence-electron chi connectivity index (χ0n) is 18.2. The molecule has 1 fully saturated rings. The second kappa shape index (κ2) is 9.88. The average Bonchev–Trinajstić information content (AvgIpc) is 3.48. The standard InChI is InChI=1S/C27H26N4OS/c33-27-30-25(22-14-7-8-17-29-22)26(24-16-15-23(32-24)20-10-3-1-4-11-20)31(27)19-9-18-28-21-12-5-2-6-13-21/h1-8,10-17,25-26,28H,9,18-19H2,(H,30,33). The number of nitrogens with zero attached hydrogens (tertiary/aromatic N) is 2. The van der Waals surface area contributed by atoms with Crippen LogP contribution in [0.5, 0.6) is 0 Å². The zero-order valence-corrected chi connectivity index (χ0v) is 19.0. The van der Waals surface area contributed by atoms with Crippen LogP contribution in [-0.2, 0) is 0 Å². The molecule has 2 aromatic heterocycles. The molecular formula is C27H26N4OS. The summed E-state index contributed by atoms with van der Waals surface area (Å²) in [5.41, 5.74) is 3.14. The highest BCUT2D eigenvalue weighted by atomic mass is 32.1. The van der Waals surface area contributed by atoms with Crippen molar-refractivity contribution in [1.82, 2.24) is 15.2 Å². The molecule has 1 aliphatic heterocycles. The van der Waals surface area contributed by atoms with Gasteiger partial charge in [0.15, 0.2) is 5.11 Å². The van der Waals surface area contributed by atoms with Crippen LogP contribution in [0.15, 0.2) is 102 Å². The summed E-state index contributed by atoms with van der Waals surface area (Å²) in [6, 6.07) is 30.4. The molecule has 3 heterocycles. The average molecular weight is 455 g/mol. The quantitative estimate of drug-likeness (QED) is 0.259. The summed E-state index contributed by atoms with van der Waals surface area (Å²) in [6.45, 7) is 1.67. The molecule has 2 N–H and O–H groups in total. The molecule has 4 aromatic rings. The van der Waals surface area contributed by atoms with Gasteiger partial charge in [-0.25, -0.2) is 0 Å². The van der Waals surface area contributed by atoms with E-state index in [-0.39, 0.29) is 12.1 Å². The van der Waals surface area contributed by atoms with Gasteiger partial charge in [0, 0.05) is 30.5 Å². The summed E-state index contributed by atoms with van der Waals surface area (Å²) in [5, 5.41) is 7.70. The first-order valence-corrected chi connectivity index (χ1v) is 11.6. The van der Waals surface area contributed by atoms with E-state index in [2.05, 4.69) is 50.8 Å². The van der Waals surface area contributed by atoms with Crippen LogP contribution in [0.2, 0.25) is 0 Å². The van der Waals surface area contributed by atoms with Gasteiger partial charge >= 0.3 is 0 Å². The minimum absolute atomic E-state index is 0.0680. The largest absolute Gasteiger partial charge is 0.459 e. The van der Waals surface area contributed by atoms with Gasteiger partial charge in [-0.3, -0.25) is 4.98 Å². The van der Waals surface area contributed by atoms with E-state index in [0.29, 0.717) is 0 Å². The van der Waals surface area contributed by atoms with Crippen LogP contribution in [0.3, 0.4) is 0 Å². The fourth-order valence-electron chi connectivity index (χ4n) is 4.26. The first-order valence-electron chi connectivity index (χ1n) is 11.2. The van der Waals surface area contributed by atoms with Gasteiger partial charge in [0.25, 0.3) is 0 Å². The Kier molecular flexibility index (Phi) is 6.35. The number of pyridine rings is 1. The number of aromatic nitrogens is 1. The number of rotatable bonds is 8. The van der Waals surface area contributed by atoms with Gasteiger partial charge in [-0.2, -0.15) is 0 Å².